The summed E-state index contributed by atoms with van der Waals surface area (Å²) in [5.41, 5.74) is 2.34. The first-order valence-electron chi connectivity index (χ1n) is 15.8. The van der Waals surface area contributed by atoms with Crippen LogP contribution >= 0.6 is 11.8 Å². The molecule has 0 aromatic heterocycles. The molecule has 1 fully saturated rings. The molecule has 4 aromatic rings. The number of cyclic esters (lactones) is 1. The lowest BCUT2D eigenvalue weighted by molar-refractivity contribution is -0.157. The number of carbonyl (C=O) groups excluding carboxylic acids is 3. The van der Waals surface area contributed by atoms with Gasteiger partial charge in [0.1, 0.15) is 40.8 Å². The maximum absolute atomic E-state index is 14.7. The summed E-state index contributed by atoms with van der Waals surface area (Å²) >= 11 is 1.36. The first-order chi connectivity index (χ1) is 23.5. The van der Waals surface area contributed by atoms with Crippen molar-refractivity contribution in [3.05, 3.63) is 126 Å². The quantitative estimate of drug-likeness (QED) is 0.142. The Morgan fingerprint density at radius 1 is 0.939 bits per heavy atom. The number of nitrogens with zero attached hydrogens (tertiary/aromatic N) is 1. The molecule has 0 aliphatic carbocycles. The molecule has 1 aliphatic heterocycles. The van der Waals surface area contributed by atoms with Crippen LogP contribution in [0.15, 0.2) is 103 Å². The van der Waals surface area contributed by atoms with Crippen molar-refractivity contribution in [2.75, 3.05) is 25.6 Å². The highest BCUT2D eigenvalue weighted by molar-refractivity contribution is 7.99. The Balaban J connectivity index is 1.49. The van der Waals surface area contributed by atoms with Crippen LogP contribution in [0.1, 0.15) is 49.5 Å². The lowest BCUT2D eigenvalue weighted by atomic mass is 10.00. The molecule has 4 aromatic carbocycles. The number of carbonyl (C=O) groups is 3. The summed E-state index contributed by atoms with van der Waals surface area (Å²) in [5.74, 6) is 0.213. The Hall–Kier alpha value is -5.03. The van der Waals surface area contributed by atoms with E-state index in [1.165, 1.54) is 28.8 Å². The maximum atomic E-state index is 14.7. The van der Waals surface area contributed by atoms with Crippen LogP contribution in [0, 0.1) is 5.82 Å². The third kappa shape index (κ3) is 9.54. The Bertz CT molecular complexity index is 1710. The average molecular weight is 687 g/mol. The van der Waals surface area contributed by atoms with E-state index in [4.69, 9.17) is 18.9 Å². The standard InChI is InChI=1S/C38H39FN2O7S/c1-38(2,3)48-33(42)23-46-31-20-12-27(13-21-31)34(40-29-16-14-28(39)15-17-29)35(49-24-25-10-18-30(45-4)19-11-25)36(43)41-32(22-47-37(41)44)26-8-6-5-7-9-26/h5-21,32,34-35,40H,22-24H2,1-4H3. The zero-order valence-electron chi connectivity index (χ0n) is 27.8. The number of methoxy groups -OCH3 is 1. The van der Waals surface area contributed by atoms with E-state index >= 15 is 0 Å². The molecule has 5 rings (SSSR count). The summed E-state index contributed by atoms with van der Waals surface area (Å²) in [6, 6.07) is 28.3. The van der Waals surface area contributed by atoms with Crippen molar-refractivity contribution in [2.24, 2.45) is 0 Å². The van der Waals surface area contributed by atoms with E-state index in [0.29, 0.717) is 28.5 Å². The van der Waals surface area contributed by atoms with Gasteiger partial charge in [0.15, 0.2) is 6.61 Å². The van der Waals surface area contributed by atoms with E-state index < -0.39 is 46.7 Å². The molecule has 256 valence electrons. The van der Waals surface area contributed by atoms with Gasteiger partial charge >= 0.3 is 12.1 Å². The van der Waals surface area contributed by atoms with Crippen LogP contribution in [0.5, 0.6) is 11.5 Å². The Morgan fingerprint density at radius 2 is 1.59 bits per heavy atom. The van der Waals surface area contributed by atoms with E-state index in [2.05, 4.69) is 5.32 Å². The average Bonchev–Trinajstić information content (AvgIpc) is 3.49. The molecule has 0 spiro atoms. The topological polar surface area (TPSA) is 103 Å². The third-order valence-electron chi connectivity index (χ3n) is 7.61. The van der Waals surface area contributed by atoms with Crippen LogP contribution in [0.4, 0.5) is 14.9 Å². The molecule has 0 bridgehead atoms. The Morgan fingerprint density at radius 3 is 2.22 bits per heavy atom. The molecule has 1 heterocycles. The summed E-state index contributed by atoms with van der Waals surface area (Å²) in [7, 11) is 1.59. The number of amides is 2. The SMILES string of the molecule is COc1ccc(CSC(C(=O)N2C(=O)OCC2c2ccccc2)C(Nc2ccc(F)cc2)c2ccc(OCC(=O)OC(C)(C)C)cc2)cc1. The first kappa shape index (κ1) is 35.3. The lowest BCUT2D eigenvalue weighted by Crippen LogP contribution is -2.44. The fraction of sp³-hybridized carbons (Fsp3) is 0.289. The number of benzene rings is 4. The van der Waals surface area contributed by atoms with Gasteiger partial charge in [0.05, 0.1) is 13.2 Å². The van der Waals surface area contributed by atoms with Gasteiger partial charge in [-0.05, 0) is 86.0 Å². The minimum Gasteiger partial charge on any atom is -0.497 e. The van der Waals surface area contributed by atoms with Gasteiger partial charge in [0.2, 0.25) is 5.91 Å². The van der Waals surface area contributed by atoms with Gasteiger partial charge in [-0.2, -0.15) is 0 Å². The molecular weight excluding hydrogens is 647 g/mol. The largest absolute Gasteiger partial charge is 0.497 e. The van der Waals surface area contributed by atoms with Gasteiger partial charge in [-0.3, -0.25) is 4.79 Å². The van der Waals surface area contributed by atoms with Crippen LogP contribution in [0.3, 0.4) is 0 Å². The number of ether oxygens (including phenoxy) is 4. The van der Waals surface area contributed by atoms with Crippen molar-refractivity contribution in [3.8, 4) is 11.5 Å². The van der Waals surface area contributed by atoms with Gasteiger partial charge in [-0.1, -0.05) is 54.6 Å². The number of hydrogen-bond acceptors (Lipinski definition) is 9. The number of hydrogen-bond donors (Lipinski definition) is 1. The molecule has 1 saturated heterocycles. The fourth-order valence-corrected chi connectivity index (χ4v) is 6.52. The number of halogens is 1. The highest BCUT2D eigenvalue weighted by Crippen LogP contribution is 2.38. The normalized spacial score (nSPS) is 15.6. The molecule has 1 aliphatic rings. The summed E-state index contributed by atoms with van der Waals surface area (Å²) < 4.78 is 35.7. The number of rotatable bonds is 13. The van der Waals surface area contributed by atoms with Crippen LogP contribution < -0.4 is 14.8 Å². The smallest absolute Gasteiger partial charge is 0.417 e. The van der Waals surface area contributed by atoms with Gasteiger partial charge in [-0.25, -0.2) is 18.9 Å². The second-order valence-corrected chi connectivity index (χ2v) is 13.5. The van der Waals surface area contributed by atoms with Gasteiger partial charge in [0, 0.05) is 11.4 Å². The maximum Gasteiger partial charge on any atom is 0.417 e. The van der Waals surface area contributed by atoms with Crippen molar-refractivity contribution in [1.82, 2.24) is 4.90 Å². The van der Waals surface area contributed by atoms with E-state index in [1.54, 1.807) is 64.3 Å². The molecule has 3 unspecified atom stereocenters. The van der Waals surface area contributed by atoms with Crippen molar-refractivity contribution >= 4 is 35.4 Å². The summed E-state index contributed by atoms with van der Waals surface area (Å²) in [6.07, 6.45) is -0.722. The lowest BCUT2D eigenvalue weighted by Gasteiger charge is -2.32. The summed E-state index contributed by atoms with van der Waals surface area (Å²) in [4.78, 5) is 41.3. The highest BCUT2D eigenvalue weighted by Gasteiger charge is 2.44. The number of thioether (sulfide) groups is 1. The number of imide groups is 1. The van der Waals surface area contributed by atoms with Crippen LogP contribution in [-0.4, -0.2) is 54.0 Å². The summed E-state index contributed by atoms with van der Waals surface area (Å²) in [5, 5.41) is 2.56. The molecule has 0 saturated carbocycles. The number of esters is 1. The molecule has 1 N–H and O–H groups in total. The third-order valence-corrected chi connectivity index (χ3v) is 8.94. The van der Waals surface area contributed by atoms with E-state index in [0.717, 1.165) is 11.1 Å². The van der Waals surface area contributed by atoms with E-state index in [9.17, 15) is 18.8 Å². The molecular formula is C38H39FN2O7S. The van der Waals surface area contributed by atoms with Crippen molar-refractivity contribution in [1.29, 1.82) is 0 Å². The zero-order chi connectivity index (χ0) is 35.0. The number of anilines is 1. The molecule has 49 heavy (non-hydrogen) atoms. The Labute approximate surface area is 289 Å². The fourth-order valence-electron chi connectivity index (χ4n) is 5.28. The molecule has 11 heteroatoms. The summed E-state index contributed by atoms with van der Waals surface area (Å²) in [6.45, 7) is 5.10. The van der Waals surface area contributed by atoms with Crippen LogP contribution in [0.2, 0.25) is 0 Å². The van der Waals surface area contributed by atoms with E-state index in [1.807, 2.05) is 54.6 Å². The van der Waals surface area contributed by atoms with Gasteiger partial charge in [-0.15, -0.1) is 11.8 Å². The number of nitrogens with one attached hydrogen (secondary N) is 1. The van der Waals surface area contributed by atoms with Crippen LogP contribution in [-0.2, 0) is 24.8 Å². The molecule has 2 amide bonds. The second-order valence-electron chi connectivity index (χ2n) is 12.4. The molecule has 3 atom stereocenters. The predicted molar refractivity (Wildman–Crippen MR) is 186 cm³/mol. The van der Waals surface area contributed by atoms with E-state index in [-0.39, 0.29) is 13.2 Å². The monoisotopic (exact) mass is 686 g/mol. The Kier molecular flexibility index (Phi) is 11.5. The second kappa shape index (κ2) is 15.9. The minimum absolute atomic E-state index is 0.0319. The van der Waals surface area contributed by atoms with Crippen LogP contribution in [0.25, 0.3) is 0 Å². The minimum atomic E-state index is -0.863. The zero-order valence-corrected chi connectivity index (χ0v) is 28.6. The van der Waals surface area contributed by atoms with Gasteiger partial charge < -0.3 is 24.3 Å². The first-order valence-corrected chi connectivity index (χ1v) is 16.8. The predicted octanol–water partition coefficient (Wildman–Crippen LogP) is 7.73. The van der Waals surface area contributed by atoms with Crippen molar-refractivity contribution in [2.45, 2.75) is 49.5 Å². The highest BCUT2D eigenvalue weighted by atomic mass is 32.2. The molecule has 9 nitrogen and oxygen atoms in total. The molecule has 0 radical (unpaired) electrons. The van der Waals surface area contributed by atoms with Crippen molar-refractivity contribution in [3.63, 3.8) is 0 Å². The van der Waals surface area contributed by atoms with Gasteiger partial charge in [0.25, 0.3) is 0 Å². The van der Waals surface area contributed by atoms with Crippen molar-refractivity contribution < 1.29 is 37.7 Å².